The molecular weight excluding hydrogens is 254 g/mol. The van der Waals surface area contributed by atoms with Crippen LogP contribution in [0.1, 0.15) is 55.5 Å². The zero-order chi connectivity index (χ0) is 15.1. The molecule has 1 rings (SSSR count). The average Bonchev–Trinajstić information content (AvgIpc) is 2.83. The first-order valence-electron chi connectivity index (χ1n) is 7.38. The van der Waals surface area contributed by atoms with E-state index in [-0.39, 0.29) is 5.91 Å². The number of amides is 1. The maximum absolute atomic E-state index is 11.5. The van der Waals surface area contributed by atoms with Crippen molar-refractivity contribution in [1.82, 2.24) is 10.3 Å². The molecule has 0 unspecified atom stereocenters. The maximum Gasteiger partial charge on any atom is 0.301 e. The van der Waals surface area contributed by atoms with E-state index in [2.05, 4.69) is 31.1 Å². The minimum Gasteiger partial charge on any atom is -0.454 e. The van der Waals surface area contributed by atoms with Crippen LogP contribution in [0.2, 0.25) is 0 Å². The second-order valence-corrected chi connectivity index (χ2v) is 5.21. The summed E-state index contributed by atoms with van der Waals surface area (Å²) < 4.78 is 5.61. The molecule has 0 saturated heterocycles. The number of hydrogen-bond acceptors (Lipinski definition) is 4. The molecule has 1 heterocycles. The van der Waals surface area contributed by atoms with E-state index in [1.165, 1.54) is 12.8 Å². The van der Waals surface area contributed by atoms with E-state index in [1.807, 2.05) is 13.0 Å². The van der Waals surface area contributed by atoms with Crippen molar-refractivity contribution in [2.75, 3.05) is 13.1 Å². The van der Waals surface area contributed by atoms with Crippen LogP contribution < -0.4 is 11.3 Å². The van der Waals surface area contributed by atoms with Crippen LogP contribution in [0.5, 0.6) is 0 Å². The average molecular weight is 281 g/mol. The summed E-state index contributed by atoms with van der Waals surface area (Å²) in [4.78, 5) is 13.9. The normalized spacial score (nSPS) is 11.3. The Labute approximate surface area is 121 Å². The predicted octanol–water partition coefficient (Wildman–Crippen LogP) is 2.45. The van der Waals surface area contributed by atoms with Gasteiger partial charge in [-0.15, -0.1) is 0 Å². The molecule has 1 aromatic rings. The number of carbonyl (C=O) groups is 1. The third-order valence-electron chi connectivity index (χ3n) is 3.80. The van der Waals surface area contributed by atoms with Crippen molar-refractivity contribution in [3.63, 3.8) is 0 Å². The molecule has 0 atom stereocenters. The van der Waals surface area contributed by atoms with Gasteiger partial charge in [0.25, 0.3) is 0 Å². The lowest BCUT2D eigenvalue weighted by Crippen LogP contribution is -2.30. The van der Waals surface area contributed by atoms with Crippen molar-refractivity contribution in [3.05, 3.63) is 23.2 Å². The number of nitrogens with zero attached hydrogens (tertiary/aromatic N) is 1. The van der Waals surface area contributed by atoms with Gasteiger partial charge < -0.3 is 4.42 Å². The first kappa shape index (κ1) is 16.7. The molecule has 0 aromatic carbocycles. The van der Waals surface area contributed by atoms with Crippen molar-refractivity contribution >= 4 is 5.91 Å². The van der Waals surface area contributed by atoms with Crippen LogP contribution in [0, 0.1) is 12.8 Å². The highest BCUT2D eigenvalue weighted by atomic mass is 16.4. The molecule has 0 spiro atoms. The molecule has 0 aliphatic carbocycles. The molecule has 3 N–H and O–H groups in total. The van der Waals surface area contributed by atoms with Crippen molar-refractivity contribution in [1.29, 1.82) is 0 Å². The predicted molar refractivity (Wildman–Crippen MR) is 80.1 cm³/mol. The van der Waals surface area contributed by atoms with E-state index in [0.717, 1.165) is 31.0 Å². The molecule has 114 valence electrons. The topological polar surface area (TPSA) is 71.5 Å². The lowest BCUT2D eigenvalue weighted by molar-refractivity contribution is 0.0920. The smallest absolute Gasteiger partial charge is 0.301 e. The Balaban J connectivity index is 2.73. The SMILES string of the molecule is CCC(CC)CN(CC)Cc1cc(C)c(C(=O)NN)o1. The van der Waals surface area contributed by atoms with Crippen LogP contribution in [0.15, 0.2) is 10.5 Å². The van der Waals surface area contributed by atoms with E-state index in [1.54, 1.807) is 0 Å². The van der Waals surface area contributed by atoms with Gasteiger partial charge in [-0.3, -0.25) is 15.1 Å². The van der Waals surface area contributed by atoms with Crippen molar-refractivity contribution < 1.29 is 9.21 Å². The minimum atomic E-state index is -0.378. The third kappa shape index (κ3) is 4.35. The van der Waals surface area contributed by atoms with Gasteiger partial charge in [0.15, 0.2) is 5.76 Å². The molecule has 0 radical (unpaired) electrons. The van der Waals surface area contributed by atoms with Crippen LogP contribution in [0.3, 0.4) is 0 Å². The number of nitrogen functional groups attached to an aromatic ring is 1. The number of rotatable bonds is 8. The summed E-state index contributed by atoms with van der Waals surface area (Å²) in [5, 5.41) is 0. The molecule has 5 heteroatoms. The zero-order valence-corrected chi connectivity index (χ0v) is 13.0. The van der Waals surface area contributed by atoms with Crippen LogP contribution >= 0.6 is 0 Å². The lowest BCUT2D eigenvalue weighted by atomic mass is 10.0. The number of carbonyl (C=O) groups excluding carboxylic acids is 1. The standard InChI is InChI=1S/C15H27N3O2/c1-5-12(6-2)9-18(7-3)10-13-8-11(4)14(20-13)15(19)17-16/h8,12H,5-7,9-10,16H2,1-4H3,(H,17,19). The van der Waals surface area contributed by atoms with Gasteiger partial charge >= 0.3 is 5.91 Å². The van der Waals surface area contributed by atoms with E-state index >= 15 is 0 Å². The summed E-state index contributed by atoms with van der Waals surface area (Å²) in [5.74, 6) is 6.59. The Morgan fingerprint density at radius 2 is 2.05 bits per heavy atom. The van der Waals surface area contributed by atoms with Gasteiger partial charge in [0.1, 0.15) is 5.76 Å². The van der Waals surface area contributed by atoms with Crippen LogP contribution in [-0.2, 0) is 6.54 Å². The molecule has 5 nitrogen and oxygen atoms in total. The summed E-state index contributed by atoms with van der Waals surface area (Å²) in [6.45, 7) is 11.2. The summed E-state index contributed by atoms with van der Waals surface area (Å²) >= 11 is 0. The molecule has 1 amide bonds. The number of nitrogens with one attached hydrogen (secondary N) is 1. The van der Waals surface area contributed by atoms with E-state index < -0.39 is 0 Å². The summed E-state index contributed by atoms with van der Waals surface area (Å²) in [6.07, 6.45) is 2.37. The van der Waals surface area contributed by atoms with Gasteiger partial charge in [-0.1, -0.05) is 33.6 Å². The Hall–Kier alpha value is -1.33. The first-order chi connectivity index (χ1) is 9.55. The molecular formula is C15H27N3O2. The van der Waals surface area contributed by atoms with Crippen molar-refractivity contribution in [2.24, 2.45) is 11.8 Å². The Morgan fingerprint density at radius 3 is 2.55 bits per heavy atom. The fourth-order valence-electron chi connectivity index (χ4n) is 2.35. The van der Waals surface area contributed by atoms with Crippen LogP contribution in [-0.4, -0.2) is 23.9 Å². The summed E-state index contributed by atoms with van der Waals surface area (Å²) in [6, 6.07) is 1.92. The largest absolute Gasteiger partial charge is 0.454 e. The van der Waals surface area contributed by atoms with Gasteiger partial charge in [0, 0.05) is 12.1 Å². The highest BCUT2D eigenvalue weighted by molar-refractivity contribution is 5.92. The summed E-state index contributed by atoms with van der Waals surface area (Å²) in [7, 11) is 0. The maximum atomic E-state index is 11.5. The molecule has 1 aromatic heterocycles. The lowest BCUT2D eigenvalue weighted by Gasteiger charge is -2.24. The molecule has 0 aliphatic heterocycles. The molecule has 0 fully saturated rings. The second-order valence-electron chi connectivity index (χ2n) is 5.21. The molecule has 0 aliphatic rings. The fraction of sp³-hybridized carbons (Fsp3) is 0.667. The second kappa shape index (κ2) is 8.07. The first-order valence-corrected chi connectivity index (χ1v) is 7.38. The van der Waals surface area contributed by atoms with Crippen LogP contribution in [0.4, 0.5) is 0 Å². The van der Waals surface area contributed by atoms with E-state index in [4.69, 9.17) is 10.3 Å². The Bertz CT molecular complexity index is 425. The van der Waals surface area contributed by atoms with Gasteiger partial charge in [0.05, 0.1) is 6.54 Å². The number of aryl methyl sites for hydroxylation is 1. The highest BCUT2D eigenvalue weighted by Crippen LogP contribution is 2.18. The van der Waals surface area contributed by atoms with Gasteiger partial charge in [-0.05, 0) is 25.5 Å². The third-order valence-corrected chi connectivity index (χ3v) is 3.80. The minimum absolute atomic E-state index is 0.307. The highest BCUT2D eigenvalue weighted by Gasteiger charge is 2.17. The van der Waals surface area contributed by atoms with Gasteiger partial charge in [-0.25, -0.2) is 5.84 Å². The number of hydrogen-bond donors (Lipinski definition) is 2. The van der Waals surface area contributed by atoms with E-state index in [9.17, 15) is 4.79 Å². The molecule has 0 bridgehead atoms. The summed E-state index contributed by atoms with van der Waals surface area (Å²) in [5.41, 5.74) is 2.93. The Kier molecular flexibility index (Phi) is 6.75. The number of nitrogens with two attached hydrogens (primary N) is 1. The van der Waals surface area contributed by atoms with E-state index in [0.29, 0.717) is 11.7 Å². The zero-order valence-electron chi connectivity index (χ0n) is 13.0. The monoisotopic (exact) mass is 281 g/mol. The molecule has 0 saturated carbocycles. The molecule has 20 heavy (non-hydrogen) atoms. The van der Waals surface area contributed by atoms with Gasteiger partial charge in [-0.2, -0.15) is 0 Å². The Morgan fingerprint density at radius 1 is 1.40 bits per heavy atom. The number of hydrazine groups is 1. The van der Waals surface area contributed by atoms with Crippen molar-refractivity contribution in [2.45, 2.75) is 47.1 Å². The van der Waals surface area contributed by atoms with Crippen LogP contribution in [0.25, 0.3) is 0 Å². The number of furan rings is 1. The van der Waals surface area contributed by atoms with Gasteiger partial charge in [0.2, 0.25) is 0 Å². The fourth-order valence-corrected chi connectivity index (χ4v) is 2.35. The quantitative estimate of drug-likeness (QED) is 0.436. The van der Waals surface area contributed by atoms with Crippen molar-refractivity contribution in [3.8, 4) is 0 Å².